The standard InChI is InChI=1S/C16H16ClFN2O3S/c1-24(22,23)20(15-7-3-5-13(18)11-15)9-8-16(21)19-14-6-2-4-12(17)10-14/h2-7,10-11H,8-9H2,1H3,(H,19,21). The van der Waals surface area contributed by atoms with Gasteiger partial charge in [-0.2, -0.15) is 0 Å². The number of sulfonamides is 1. The van der Waals surface area contributed by atoms with Gasteiger partial charge in [0, 0.05) is 23.7 Å². The summed E-state index contributed by atoms with van der Waals surface area (Å²) in [5.74, 6) is -0.924. The van der Waals surface area contributed by atoms with Crippen LogP contribution in [0.25, 0.3) is 0 Å². The van der Waals surface area contributed by atoms with E-state index in [2.05, 4.69) is 5.32 Å². The number of halogens is 2. The van der Waals surface area contributed by atoms with Crippen molar-refractivity contribution in [3.8, 4) is 0 Å². The summed E-state index contributed by atoms with van der Waals surface area (Å²) in [6.45, 7) is -0.102. The van der Waals surface area contributed by atoms with Crippen LogP contribution in [0.2, 0.25) is 5.02 Å². The van der Waals surface area contributed by atoms with Crippen molar-refractivity contribution in [2.45, 2.75) is 6.42 Å². The van der Waals surface area contributed by atoms with Crippen molar-refractivity contribution in [2.24, 2.45) is 0 Å². The molecule has 0 aromatic heterocycles. The first-order chi connectivity index (χ1) is 11.3. The predicted octanol–water partition coefficient (Wildman–Crippen LogP) is 3.27. The Morgan fingerprint density at radius 2 is 1.92 bits per heavy atom. The molecular weight excluding hydrogens is 355 g/mol. The third-order valence-corrected chi connectivity index (χ3v) is 4.58. The molecule has 0 spiro atoms. The van der Waals surface area contributed by atoms with Gasteiger partial charge in [-0.3, -0.25) is 9.10 Å². The van der Waals surface area contributed by atoms with Crippen LogP contribution >= 0.6 is 11.6 Å². The van der Waals surface area contributed by atoms with Crippen molar-refractivity contribution >= 4 is 38.9 Å². The van der Waals surface area contributed by atoms with Crippen molar-refractivity contribution in [1.29, 1.82) is 0 Å². The van der Waals surface area contributed by atoms with E-state index in [0.29, 0.717) is 10.7 Å². The number of benzene rings is 2. The topological polar surface area (TPSA) is 66.5 Å². The SMILES string of the molecule is CS(=O)(=O)N(CCC(=O)Nc1cccc(Cl)c1)c1cccc(F)c1. The Balaban J connectivity index is 2.07. The van der Waals surface area contributed by atoms with E-state index in [0.717, 1.165) is 16.6 Å². The molecule has 0 bridgehead atoms. The molecule has 0 atom stereocenters. The Labute approximate surface area is 145 Å². The van der Waals surface area contributed by atoms with Gasteiger partial charge in [-0.05, 0) is 36.4 Å². The Bertz CT molecular complexity index is 843. The molecule has 2 aromatic carbocycles. The van der Waals surface area contributed by atoms with Crippen molar-refractivity contribution in [3.63, 3.8) is 0 Å². The number of amides is 1. The molecule has 0 aliphatic heterocycles. The van der Waals surface area contributed by atoms with E-state index in [-0.39, 0.29) is 24.6 Å². The third kappa shape index (κ3) is 5.21. The number of hydrogen-bond acceptors (Lipinski definition) is 3. The molecule has 0 radical (unpaired) electrons. The zero-order chi connectivity index (χ0) is 17.7. The minimum Gasteiger partial charge on any atom is -0.326 e. The second-order valence-corrected chi connectivity index (χ2v) is 7.47. The summed E-state index contributed by atoms with van der Waals surface area (Å²) in [5.41, 5.74) is 0.692. The molecule has 0 saturated carbocycles. The Hall–Kier alpha value is -2.12. The summed E-state index contributed by atoms with van der Waals surface area (Å²) >= 11 is 5.84. The molecular formula is C16H16ClFN2O3S. The van der Waals surface area contributed by atoms with Crippen molar-refractivity contribution in [2.75, 3.05) is 22.4 Å². The van der Waals surface area contributed by atoms with Crippen LogP contribution in [0, 0.1) is 5.82 Å². The first-order valence-electron chi connectivity index (χ1n) is 7.04. The van der Waals surface area contributed by atoms with Crippen LogP contribution in [-0.4, -0.2) is 27.1 Å². The minimum absolute atomic E-state index is 0.0872. The van der Waals surface area contributed by atoms with Crippen LogP contribution in [0.4, 0.5) is 15.8 Å². The highest BCUT2D eigenvalue weighted by Crippen LogP contribution is 2.19. The maximum Gasteiger partial charge on any atom is 0.232 e. The summed E-state index contributed by atoms with van der Waals surface area (Å²) in [6, 6.07) is 11.8. The lowest BCUT2D eigenvalue weighted by atomic mass is 10.3. The molecule has 1 N–H and O–H groups in total. The number of anilines is 2. The number of carbonyl (C=O) groups is 1. The summed E-state index contributed by atoms with van der Waals surface area (Å²) in [7, 11) is -3.64. The molecule has 0 saturated heterocycles. The summed E-state index contributed by atoms with van der Waals surface area (Å²) in [4.78, 5) is 12.0. The summed E-state index contributed by atoms with van der Waals surface area (Å²) in [6.07, 6.45) is 0.920. The van der Waals surface area contributed by atoms with Crippen molar-refractivity contribution in [3.05, 3.63) is 59.4 Å². The first-order valence-corrected chi connectivity index (χ1v) is 9.27. The number of carbonyl (C=O) groups excluding carboxylic acids is 1. The molecule has 0 heterocycles. The van der Waals surface area contributed by atoms with Crippen LogP contribution in [0.15, 0.2) is 48.5 Å². The molecule has 0 unspecified atom stereocenters. The Kier molecular flexibility index (Phi) is 5.80. The normalized spacial score (nSPS) is 11.1. The first kappa shape index (κ1) is 18.2. The van der Waals surface area contributed by atoms with Crippen molar-refractivity contribution < 1.29 is 17.6 Å². The van der Waals surface area contributed by atoms with Crippen LogP contribution in [0.3, 0.4) is 0 Å². The molecule has 128 valence electrons. The zero-order valence-corrected chi connectivity index (χ0v) is 14.4. The number of hydrogen-bond donors (Lipinski definition) is 1. The van der Waals surface area contributed by atoms with Gasteiger partial charge >= 0.3 is 0 Å². The summed E-state index contributed by atoms with van der Waals surface area (Å²) in [5, 5.41) is 3.11. The fourth-order valence-corrected chi connectivity index (χ4v) is 3.22. The zero-order valence-electron chi connectivity index (χ0n) is 12.9. The lowest BCUT2D eigenvalue weighted by Crippen LogP contribution is -2.33. The molecule has 24 heavy (non-hydrogen) atoms. The number of nitrogens with one attached hydrogen (secondary N) is 1. The highest BCUT2D eigenvalue weighted by molar-refractivity contribution is 7.92. The smallest absolute Gasteiger partial charge is 0.232 e. The quantitative estimate of drug-likeness (QED) is 0.848. The van der Waals surface area contributed by atoms with E-state index in [1.165, 1.54) is 18.2 Å². The van der Waals surface area contributed by atoms with Crippen LogP contribution in [0.5, 0.6) is 0 Å². The second-order valence-electron chi connectivity index (χ2n) is 5.12. The Morgan fingerprint density at radius 1 is 1.21 bits per heavy atom. The van der Waals surface area contributed by atoms with E-state index >= 15 is 0 Å². The highest BCUT2D eigenvalue weighted by atomic mass is 35.5. The maximum absolute atomic E-state index is 13.3. The molecule has 8 heteroatoms. The van der Waals surface area contributed by atoms with Crippen molar-refractivity contribution in [1.82, 2.24) is 0 Å². The monoisotopic (exact) mass is 370 g/mol. The molecule has 2 rings (SSSR count). The van der Waals surface area contributed by atoms with Crippen LogP contribution in [-0.2, 0) is 14.8 Å². The Morgan fingerprint density at radius 3 is 2.54 bits per heavy atom. The molecule has 0 aliphatic carbocycles. The van der Waals surface area contributed by atoms with E-state index in [1.807, 2.05) is 0 Å². The van der Waals surface area contributed by atoms with Gasteiger partial charge in [0.2, 0.25) is 15.9 Å². The van der Waals surface area contributed by atoms with Gasteiger partial charge in [0.15, 0.2) is 0 Å². The largest absolute Gasteiger partial charge is 0.326 e. The van der Waals surface area contributed by atoms with Gasteiger partial charge in [-0.15, -0.1) is 0 Å². The fraction of sp³-hybridized carbons (Fsp3) is 0.188. The van der Waals surface area contributed by atoms with Gasteiger partial charge in [-0.25, -0.2) is 12.8 Å². The van der Waals surface area contributed by atoms with Gasteiger partial charge in [-0.1, -0.05) is 23.7 Å². The van der Waals surface area contributed by atoms with E-state index in [4.69, 9.17) is 11.6 Å². The lowest BCUT2D eigenvalue weighted by Gasteiger charge is -2.22. The van der Waals surface area contributed by atoms with Gasteiger partial charge < -0.3 is 5.32 Å². The van der Waals surface area contributed by atoms with Gasteiger partial charge in [0.1, 0.15) is 5.82 Å². The third-order valence-electron chi connectivity index (χ3n) is 3.15. The fourth-order valence-electron chi connectivity index (χ4n) is 2.11. The van der Waals surface area contributed by atoms with E-state index in [9.17, 15) is 17.6 Å². The highest BCUT2D eigenvalue weighted by Gasteiger charge is 2.19. The van der Waals surface area contributed by atoms with Gasteiger partial charge in [0.05, 0.1) is 11.9 Å². The van der Waals surface area contributed by atoms with E-state index in [1.54, 1.807) is 24.3 Å². The molecule has 2 aromatic rings. The lowest BCUT2D eigenvalue weighted by molar-refractivity contribution is -0.116. The average Bonchev–Trinajstić information content (AvgIpc) is 2.46. The number of nitrogens with zero attached hydrogens (tertiary/aromatic N) is 1. The predicted molar refractivity (Wildman–Crippen MR) is 93.3 cm³/mol. The minimum atomic E-state index is -3.64. The van der Waals surface area contributed by atoms with Gasteiger partial charge in [0.25, 0.3) is 0 Å². The summed E-state index contributed by atoms with van der Waals surface area (Å²) < 4.78 is 38.1. The average molecular weight is 371 g/mol. The van der Waals surface area contributed by atoms with Crippen LogP contribution < -0.4 is 9.62 Å². The molecule has 0 fully saturated rings. The molecule has 5 nitrogen and oxygen atoms in total. The maximum atomic E-state index is 13.3. The molecule has 0 aliphatic rings. The second kappa shape index (κ2) is 7.63. The van der Waals surface area contributed by atoms with Crippen LogP contribution in [0.1, 0.15) is 6.42 Å². The number of rotatable bonds is 6. The van der Waals surface area contributed by atoms with E-state index < -0.39 is 15.8 Å². The molecule has 1 amide bonds.